The van der Waals surface area contributed by atoms with Crippen LogP contribution in [0.1, 0.15) is 75.0 Å². The topological polar surface area (TPSA) is 163 Å². The molecule has 2 amide bonds. The normalized spacial score (nSPS) is 23.1. The molecular formula is C43H54N10O5. The number of nitrogens with zero attached hydrogens (tertiary/aromatic N) is 8. The zero-order valence-electron chi connectivity index (χ0n) is 34.3. The molecule has 0 saturated carbocycles. The van der Waals surface area contributed by atoms with E-state index in [1.807, 2.05) is 16.7 Å². The Kier molecular flexibility index (Phi) is 10.5. The second-order valence-electron chi connectivity index (χ2n) is 17.1. The van der Waals surface area contributed by atoms with Gasteiger partial charge in [-0.25, -0.2) is 15.0 Å². The fourth-order valence-corrected chi connectivity index (χ4v) is 9.43. The molecular weight excluding hydrogens is 737 g/mol. The number of hydrogen-bond acceptors (Lipinski definition) is 11. The number of amides is 2. The second-order valence-corrected chi connectivity index (χ2v) is 17.1. The molecule has 3 N–H and O–H groups in total. The summed E-state index contributed by atoms with van der Waals surface area (Å²) >= 11 is 0. The van der Waals surface area contributed by atoms with E-state index in [-0.39, 0.29) is 46.9 Å². The Balaban J connectivity index is 1.06. The van der Waals surface area contributed by atoms with Crippen molar-refractivity contribution in [3.63, 3.8) is 0 Å². The average Bonchev–Trinajstić information content (AvgIpc) is 3.68. The van der Waals surface area contributed by atoms with E-state index in [1.165, 1.54) is 10.6 Å². The highest BCUT2D eigenvalue weighted by Gasteiger charge is 2.39. The van der Waals surface area contributed by atoms with Crippen molar-refractivity contribution in [2.45, 2.75) is 97.7 Å². The molecule has 58 heavy (non-hydrogen) atoms. The Bertz CT molecular complexity index is 2320. The van der Waals surface area contributed by atoms with Gasteiger partial charge in [-0.1, -0.05) is 20.4 Å². The minimum Gasteiger partial charge on any atom is -0.392 e. The fraction of sp³-hybridized carbons (Fsp3) is 0.488. The Labute approximate surface area is 338 Å². The van der Waals surface area contributed by atoms with Crippen molar-refractivity contribution in [2.75, 3.05) is 46.6 Å². The lowest BCUT2D eigenvalue weighted by Gasteiger charge is -2.47. The summed E-state index contributed by atoms with van der Waals surface area (Å²) in [6.45, 7) is 17.7. The maximum absolute atomic E-state index is 13.9. The molecule has 0 spiro atoms. The Morgan fingerprint density at radius 3 is 2.55 bits per heavy atom. The van der Waals surface area contributed by atoms with Gasteiger partial charge in [0.15, 0.2) is 11.6 Å². The molecule has 8 rings (SSSR count). The SMILES string of the molecule is C=CC(=O)Nc1cc(Nc2nc(-c3ccnc(N4CCn5c(nc6c5CC(C)(C)C6)C4=O)c3CO)cn(C)c2=O)ccc1N1CCN(C2C[C@@H](C)O[C@@H](C)C2)C[C@@H]1C. The first-order chi connectivity index (χ1) is 27.7. The van der Waals surface area contributed by atoms with Crippen LogP contribution in [-0.4, -0.2) is 96.4 Å². The zero-order chi connectivity index (χ0) is 41.0. The summed E-state index contributed by atoms with van der Waals surface area (Å²) in [6, 6.07) is 8.00. The maximum atomic E-state index is 13.9. The van der Waals surface area contributed by atoms with Gasteiger partial charge in [-0.2, -0.15) is 0 Å². The van der Waals surface area contributed by atoms with Crippen LogP contribution in [-0.2, 0) is 42.6 Å². The molecule has 1 aliphatic carbocycles. The number of aromatic nitrogens is 5. The summed E-state index contributed by atoms with van der Waals surface area (Å²) in [5.41, 5.74) is 5.18. The largest absolute Gasteiger partial charge is 0.392 e. The molecule has 4 atom stereocenters. The predicted octanol–water partition coefficient (Wildman–Crippen LogP) is 4.65. The third kappa shape index (κ3) is 7.42. The highest BCUT2D eigenvalue weighted by Crippen LogP contribution is 2.39. The molecule has 0 bridgehead atoms. The van der Waals surface area contributed by atoms with Gasteiger partial charge in [-0.3, -0.25) is 24.2 Å². The van der Waals surface area contributed by atoms with Gasteiger partial charge in [-0.05, 0) is 82.2 Å². The third-order valence-corrected chi connectivity index (χ3v) is 12.1. The summed E-state index contributed by atoms with van der Waals surface area (Å²) in [4.78, 5) is 60.8. The molecule has 15 heteroatoms. The average molecular weight is 791 g/mol. The number of carbonyl (C=O) groups excluding carboxylic acids is 2. The molecule has 1 aromatic carbocycles. The van der Waals surface area contributed by atoms with Crippen LogP contribution in [0.2, 0.25) is 0 Å². The van der Waals surface area contributed by atoms with Crippen LogP contribution in [0.25, 0.3) is 11.3 Å². The lowest BCUT2D eigenvalue weighted by molar-refractivity contribution is -0.111. The smallest absolute Gasteiger partial charge is 0.295 e. The van der Waals surface area contributed by atoms with Crippen LogP contribution >= 0.6 is 0 Å². The van der Waals surface area contributed by atoms with Crippen molar-refractivity contribution in [3.05, 3.63) is 82.4 Å². The first-order valence-corrected chi connectivity index (χ1v) is 20.3. The van der Waals surface area contributed by atoms with Crippen molar-refractivity contribution in [1.29, 1.82) is 0 Å². The number of rotatable bonds is 9. The Morgan fingerprint density at radius 2 is 1.83 bits per heavy atom. The van der Waals surface area contributed by atoms with E-state index in [4.69, 9.17) is 14.7 Å². The summed E-state index contributed by atoms with van der Waals surface area (Å²) < 4.78 is 9.46. The summed E-state index contributed by atoms with van der Waals surface area (Å²) in [5, 5.41) is 17.0. The van der Waals surface area contributed by atoms with Gasteiger partial charge in [0.2, 0.25) is 5.91 Å². The number of piperazine rings is 1. The summed E-state index contributed by atoms with van der Waals surface area (Å²) in [7, 11) is 1.63. The van der Waals surface area contributed by atoms with E-state index in [1.54, 1.807) is 36.5 Å². The molecule has 4 aromatic rings. The Hall–Kier alpha value is -5.38. The molecule has 2 fully saturated rings. The molecule has 3 aromatic heterocycles. The van der Waals surface area contributed by atoms with E-state index in [0.717, 1.165) is 62.4 Å². The van der Waals surface area contributed by atoms with Crippen molar-refractivity contribution >= 4 is 40.5 Å². The summed E-state index contributed by atoms with van der Waals surface area (Å²) in [5.74, 6) is 0.151. The number of pyridine rings is 1. The van der Waals surface area contributed by atoms with E-state index in [9.17, 15) is 19.5 Å². The number of ether oxygens (including phenoxy) is 1. The van der Waals surface area contributed by atoms with Gasteiger partial charge in [0, 0.05) is 86.8 Å². The minimum atomic E-state index is -0.414. The number of nitrogens with one attached hydrogen (secondary N) is 2. The van der Waals surface area contributed by atoms with Crippen LogP contribution < -0.4 is 26.0 Å². The minimum absolute atomic E-state index is 0.0476. The van der Waals surface area contributed by atoms with Gasteiger partial charge >= 0.3 is 0 Å². The third-order valence-electron chi connectivity index (χ3n) is 12.1. The number of fused-ring (bicyclic) bond motifs is 3. The lowest BCUT2D eigenvalue weighted by Crippen LogP contribution is -2.57. The van der Waals surface area contributed by atoms with E-state index < -0.39 is 6.61 Å². The molecule has 2 saturated heterocycles. The highest BCUT2D eigenvalue weighted by atomic mass is 16.5. The number of aryl methyl sites for hydroxylation is 1. The van der Waals surface area contributed by atoms with Crippen molar-refractivity contribution < 1.29 is 19.4 Å². The van der Waals surface area contributed by atoms with Crippen molar-refractivity contribution in [3.8, 4) is 11.3 Å². The zero-order valence-corrected chi connectivity index (χ0v) is 34.3. The van der Waals surface area contributed by atoms with Crippen LogP contribution in [0.15, 0.2) is 54.1 Å². The number of hydrogen-bond donors (Lipinski definition) is 3. The van der Waals surface area contributed by atoms with Gasteiger partial charge in [-0.15, -0.1) is 0 Å². The van der Waals surface area contributed by atoms with Gasteiger partial charge in [0.25, 0.3) is 11.5 Å². The number of anilines is 5. The quantitative estimate of drug-likeness (QED) is 0.203. The van der Waals surface area contributed by atoms with Crippen molar-refractivity contribution in [2.24, 2.45) is 12.5 Å². The lowest BCUT2D eigenvalue weighted by atomic mass is 9.91. The molecule has 4 aliphatic rings. The maximum Gasteiger partial charge on any atom is 0.295 e. The first kappa shape index (κ1) is 39.4. The fourth-order valence-electron chi connectivity index (χ4n) is 9.43. The molecule has 6 heterocycles. The van der Waals surface area contributed by atoms with Gasteiger partial charge in [0.05, 0.1) is 41.6 Å². The van der Waals surface area contributed by atoms with Crippen LogP contribution in [0.4, 0.5) is 28.7 Å². The van der Waals surface area contributed by atoms with Crippen molar-refractivity contribution in [1.82, 2.24) is 29.0 Å². The second kappa shape index (κ2) is 15.4. The van der Waals surface area contributed by atoms with E-state index in [0.29, 0.717) is 59.0 Å². The first-order valence-electron chi connectivity index (χ1n) is 20.3. The number of aliphatic hydroxyl groups is 1. The van der Waals surface area contributed by atoms with Crippen LogP contribution in [0.5, 0.6) is 0 Å². The number of aliphatic hydroxyl groups excluding tert-OH is 1. The highest BCUT2D eigenvalue weighted by molar-refractivity contribution is 6.05. The molecule has 306 valence electrons. The van der Waals surface area contributed by atoms with E-state index in [2.05, 4.69) is 66.6 Å². The van der Waals surface area contributed by atoms with E-state index >= 15 is 0 Å². The molecule has 3 aliphatic heterocycles. The molecule has 15 nitrogen and oxygen atoms in total. The number of carbonyl (C=O) groups is 2. The molecule has 1 unspecified atom stereocenters. The van der Waals surface area contributed by atoms with Gasteiger partial charge < -0.3 is 34.5 Å². The van der Waals surface area contributed by atoms with Crippen LogP contribution in [0, 0.1) is 5.41 Å². The monoisotopic (exact) mass is 790 g/mol. The number of imidazole rings is 1. The van der Waals surface area contributed by atoms with Gasteiger partial charge in [0.1, 0.15) is 5.82 Å². The summed E-state index contributed by atoms with van der Waals surface area (Å²) in [6.07, 6.45) is 8.61. The molecule has 0 radical (unpaired) electrons. The predicted molar refractivity (Wildman–Crippen MR) is 224 cm³/mol. The van der Waals surface area contributed by atoms with Crippen LogP contribution in [0.3, 0.4) is 0 Å². The number of benzene rings is 1. The Morgan fingerprint density at radius 1 is 1.05 bits per heavy atom. The standard InChI is InChI=1S/C43H54N10O5/c1-8-37(55)46-32-19-28(9-10-35(32)51-14-13-50(22-25(51)2)29-17-26(3)58-27(4)18-29)45-38-41(56)49(7)23-34(47-38)30-11-12-44-39(31(30)24-54)53-16-15-52-36-21-43(5,6)20-33(36)48-40(52)42(53)57/h8-12,19,23,25-27,29,54H,1,13-18,20-22,24H2,2-7H3,(H,45,47)(H,46,55)/t25-,26-,27+,29?/m0/s1.